The van der Waals surface area contributed by atoms with Crippen molar-refractivity contribution in [2.45, 2.75) is 52.7 Å². The SMILES string of the molecule is CN1CC2(CCN(c3ccc(NC4=CC(c5ccnc(N6CCn7c8c(c(F)c7C6=O)CC(C)(C)C8)c5CO)=CN(C)C4=C=O)nc3)CC2)C1. The Morgan fingerprint density at radius 3 is 2.50 bits per heavy atom. The van der Waals surface area contributed by atoms with Gasteiger partial charge in [-0.1, -0.05) is 13.8 Å². The van der Waals surface area contributed by atoms with Crippen LogP contribution in [0.2, 0.25) is 0 Å². The summed E-state index contributed by atoms with van der Waals surface area (Å²) in [7, 11) is 3.93. The fourth-order valence-electron chi connectivity index (χ4n) is 8.82. The number of pyridine rings is 2. The Morgan fingerprint density at radius 2 is 1.82 bits per heavy atom. The number of likely N-dealkylation sites (tertiary alicyclic amines) is 1. The van der Waals surface area contributed by atoms with E-state index in [1.165, 1.54) is 30.8 Å². The molecule has 5 aliphatic rings. The Labute approximate surface area is 291 Å². The highest BCUT2D eigenvalue weighted by molar-refractivity contribution is 6.06. The molecule has 0 bridgehead atoms. The largest absolute Gasteiger partial charge is 0.392 e. The quantitative estimate of drug-likeness (QED) is 0.371. The van der Waals surface area contributed by atoms with E-state index in [1.807, 2.05) is 28.8 Å². The lowest BCUT2D eigenvalue weighted by Gasteiger charge is -2.53. The molecule has 50 heavy (non-hydrogen) atoms. The van der Waals surface area contributed by atoms with Crippen LogP contribution in [0, 0.1) is 16.6 Å². The number of amides is 1. The average molecular weight is 679 g/mol. The number of hydrogen-bond donors (Lipinski definition) is 2. The van der Waals surface area contributed by atoms with Crippen molar-refractivity contribution < 1.29 is 19.1 Å². The van der Waals surface area contributed by atoms with E-state index in [4.69, 9.17) is 0 Å². The van der Waals surface area contributed by atoms with Gasteiger partial charge in [-0.25, -0.2) is 19.2 Å². The molecule has 2 saturated heterocycles. The third-order valence-electron chi connectivity index (χ3n) is 11.2. The minimum atomic E-state index is -0.464. The number of aromatic nitrogens is 3. The first kappa shape index (κ1) is 32.4. The van der Waals surface area contributed by atoms with E-state index in [0.29, 0.717) is 64.4 Å². The summed E-state index contributed by atoms with van der Waals surface area (Å²) in [5, 5.41) is 14.0. The summed E-state index contributed by atoms with van der Waals surface area (Å²) >= 11 is 0. The van der Waals surface area contributed by atoms with Crippen molar-refractivity contribution in [2.24, 2.45) is 10.8 Å². The van der Waals surface area contributed by atoms with Gasteiger partial charge in [0.15, 0.2) is 11.8 Å². The minimum absolute atomic E-state index is 0.0433. The molecule has 0 aromatic carbocycles. The molecular formula is C38H43FN8O3. The van der Waals surface area contributed by atoms with Crippen molar-refractivity contribution in [3.8, 4) is 0 Å². The highest BCUT2D eigenvalue weighted by atomic mass is 19.1. The Balaban J connectivity index is 1.04. The third-order valence-corrected chi connectivity index (χ3v) is 11.2. The van der Waals surface area contributed by atoms with Crippen LogP contribution in [0.3, 0.4) is 0 Å². The van der Waals surface area contributed by atoms with Gasteiger partial charge in [-0.15, -0.1) is 0 Å². The molecule has 1 spiro atoms. The maximum atomic E-state index is 15.7. The number of aliphatic hydroxyl groups excluding tert-OH is 1. The molecule has 2 fully saturated rings. The second kappa shape index (κ2) is 11.9. The number of nitrogens with zero attached hydrogens (tertiary/aromatic N) is 7. The summed E-state index contributed by atoms with van der Waals surface area (Å²) in [5.74, 6) is 1.99. The molecule has 12 heteroatoms. The third kappa shape index (κ3) is 5.33. The van der Waals surface area contributed by atoms with Crippen molar-refractivity contribution in [1.29, 1.82) is 0 Å². The lowest BCUT2D eigenvalue weighted by Crippen LogP contribution is -2.58. The summed E-state index contributed by atoms with van der Waals surface area (Å²) in [6.45, 7) is 8.95. The number of carbonyl (C=O) groups is 1. The van der Waals surface area contributed by atoms with Gasteiger partial charge in [0, 0.05) is 81.1 Å². The number of rotatable bonds is 6. The lowest BCUT2D eigenvalue weighted by atomic mass is 9.72. The maximum absolute atomic E-state index is 15.7. The van der Waals surface area contributed by atoms with Crippen LogP contribution in [-0.4, -0.2) is 88.1 Å². The van der Waals surface area contributed by atoms with Gasteiger partial charge in [0.25, 0.3) is 5.91 Å². The molecule has 8 rings (SSSR count). The van der Waals surface area contributed by atoms with Crippen molar-refractivity contribution in [2.75, 3.05) is 61.9 Å². The summed E-state index contributed by atoms with van der Waals surface area (Å²) in [5.41, 5.74) is 5.64. The topological polar surface area (TPSA) is 110 Å². The van der Waals surface area contributed by atoms with Gasteiger partial charge in [-0.3, -0.25) is 9.69 Å². The van der Waals surface area contributed by atoms with Crippen molar-refractivity contribution >= 4 is 34.7 Å². The predicted molar refractivity (Wildman–Crippen MR) is 190 cm³/mol. The summed E-state index contributed by atoms with van der Waals surface area (Å²) < 4.78 is 17.6. The zero-order valence-electron chi connectivity index (χ0n) is 29.1. The number of aliphatic hydroxyl groups is 1. The number of nitrogens with one attached hydrogen (secondary N) is 1. The van der Waals surface area contributed by atoms with Gasteiger partial charge < -0.3 is 29.7 Å². The molecule has 2 N–H and O–H groups in total. The molecule has 3 aromatic rings. The molecular weight excluding hydrogens is 635 g/mol. The first-order valence-electron chi connectivity index (χ1n) is 17.4. The van der Waals surface area contributed by atoms with Gasteiger partial charge in [-0.05, 0) is 73.4 Å². The van der Waals surface area contributed by atoms with E-state index in [9.17, 15) is 14.7 Å². The summed E-state index contributed by atoms with van der Waals surface area (Å²) in [4.78, 5) is 43.1. The van der Waals surface area contributed by atoms with E-state index < -0.39 is 18.3 Å². The van der Waals surface area contributed by atoms with Gasteiger partial charge in [0.1, 0.15) is 23.0 Å². The normalized spacial score (nSPS) is 21.0. The van der Waals surface area contributed by atoms with Crippen LogP contribution in [0.15, 0.2) is 54.3 Å². The lowest BCUT2D eigenvalue weighted by molar-refractivity contribution is 0.00131. The number of anilines is 3. The molecule has 11 nitrogen and oxygen atoms in total. The zero-order chi connectivity index (χ0) is 34.9. The second-order valence-corrected chi connectivity index (χ2v) is 15.4. The number of likely N-dealkylation sites (N-methyl/N-ethyl adjacent to an activating group) is 1. The molecule has 260 valence electrons. The molecule has 3 aromatic heterocycles. The van der Waals surface area contributed by atoms with E-state index in [1.54, 1.807) is 30.4 Å². The van der Waals surface area contributed by atoms with E-state index in [0.717, 1.165) is 30.9 Å². The Morgan fingerprint density at radius 1 is 1.04 bits per heavy atom. The molecule has 0 radical (unpaired) electrons. The fourth-order valence-corrected chi connectivity index (χ4v) is 8.82. The number of allylic oxidation sites excluding steroid dienone is 2. The number of halogens is 1. The van der Waals surface area contributed by atoms with Crippen molar-refractivity contribution in [3.05, 3.63) is 88.2 Å². The van der Waals surface area contributed by atoms with Crippen LogP contribution in [0.5, 0.6) is 0 Å². The summed E-state index contributed by atoms with van der Waals surface area (Å²) in [6, 6.07) is 5.73. The van der Waals surface area contributed by atoms with Gasteiger partial charge in [-0.2, -0.15) is 0 Å². The van der Waals surface area contributed by atoms with Gasteiger partial charge >= 0.3 is 0 Å². The number of carbonyl (C=O) groups excluding carboxylic acids is 2. The Kier molecular flexibility index (Phi) is 7.74. The highest BCUT2D eigenvalue weighted by Crippen LogP contribution is 2.43. The molecule has 0 atom stereocenters. The highest BCUT2D eigenvalue weighted by Gasteiger charge is 2.44. The molecule has 1 amide bonds. The average Bonchev–Trinajstić information content (AvgIpc) is 3.54. The van der Waals surface area contributed by atoms with Crippen LogP contribution in [0.1, 0.15) is 59.6 Å². The number of fused-ring (bicyclic) bond motifs is 3. The van der Waals surface area contributed by atoms with Crippen LogP contribution in [0.25, 0.3) is 5.57 Å². The maximum Gasteiger partial charge on any atom is 0.279 e. The van der Waals surface area contributed by atoms with Gasteiger partial charge in [0.2, 0.25) is 0 Å². The molecule has 1 aliphatic carbocycles. The predicted octanol–water partition coefficient (Wildman–Crippen LogP) is 4.22. The van der Waals surface area contributed by atoms with Gasteiger partial charge in [0.05, 0.1) is 24.2 Å². The number of piperidine rings is 1. The molecule has 0 saturated carbocycles. The Bertz CT molecular complexity index is 1990. The fraction of sp³-hybridized carbons (Fsp3) is 0.447. The number of hydrogen-bond acceptors (Lipinski definition) is 9. The molecule has 7 heterocycles. The zero-order valence-corrected chi connectivity index (χ0v) is 29.1. The first-order chi connectivity index (χ1) is 24.0. The van der Waals surface area contributed by atoms with E-state index in [2.05, 4.69) is 52.0 Å². The van der Waals surface area contributed by atoms with E-state index in [-0.39, 0.29) is 16.9 Å². The van der Waals surface area contributed by atoms with Crippen LogP contribution < -0.4 is 15.1 Å². The van der Waals surface area contributed by atoms with Crippen LogP contribution in [0.4, 0.5) is 21.7 Å². The van der Waals surface area contributed by atoms with E-state index >= 15 is 4.39 Å². The monoisotopic (exact) mass is 678 g/mol. The van der Waals surface area contributed by atoms with Crippen molar-refractivity contribution in [1.82, 2.24) is 24.3 Å². The standard InChI is InChI=1S/C38H43FN8O3/c1-37(2)16-27-30(17-37)46-13-14-47(36(50)34(46)33(27)39)35-28(20-48)26(7-10-40-35)24-15-29(31(21-49)44(4)19-24)42-32-6-5-25(18-41-32)45-11-8-38(9-12-45)22-43(3)23-38/h5-7,10,15,18-19,48H,8-9,11-14,16-17,20,22-23H2,1-4H3,(H,41,42). The smallest absolute Gasteiger partial charge is 0.279 e. The summed E-state index contributed by atoms with van der Waals surface area (Å²) in [6.07, 6.45) is 10.7. The minimum Gasteiger partial charge on any atom is -0.392 e. The molecule has 4 aliphatic heterocycles. The van der Waals surface area contributed by atoms with Crippen LogP contribution >= 0.6 is 0 Å². The molecule has 0 unspecified atom stereocenters. The van der Waals surface area contributed by atoms with Crippen molar-refractivity contribution in [3.63, 3.8) is 0 Å². The Hall–Kier alpha value is -4.77. The van der Waals surface area contributed by atoms with Crippen LogP contribution in [-0.2, 0) is 30.8 Å². The first-order valence-corrected chi connectivity index (χ1v) is 17.4. The second-order valence-electron chi connectivity index (χ2n) is 15.4.